The van der Waals surface area contributed by atoms with Crippen LogP contribution in [0.4, 0.5) is 5.69 Å². The molecule has 0 amide bonds. The van der Waals surface area contributed by atoms with Gasteiger partial charge in [-0.05, 0) is 30.9 Å². The topological polar surface area (TPSA) is 12.0 Å². The average molecular weight is 169 g/mol. The molecule has 0 aromatic heterocycles. The summed E-state index contributed by atoms with van der Waals surface area (Å²) >= 11 is 0. The van der Waals surface area contributed by atoms with Crippen LogP contribution in [0, 0.1) is 0 Å². The molecular formula is C9H15NS. The van der Waals surface area contributed by atoms with E-state index in [0.29, 0.717) is 0 Å². The first-order chi connectivity index (χ1) is 5.08. The maximum absolute atomic E-state index is 3.46. The van der Waals surface area contributed by atoms with Crippen LogP contribution in [0.5, 0.6) is 0 Å². The molecule has 0 radical (unpaired) electrons. The molecule has 1 rings (SSSR count). The van der Waals surface area contributed by atoms with Crippen molar-refractivity contribution in [1.29, 1.82) is 0 Å². The average Bonchev–Trinajstić information content (AvgIpc) is 1.85. The van der Waals surface area contributed by atoms with Crippen molar-refractivity contribution >= 4 is 15.9 Å². The van der Waals surface area contributed by atoms with Crippen LogP contribution in [0.15, 0.2) is 30.3 Å². The van der Waals surface area contributed by atoms with Gasteiger partial charge in [0.05, 0.1) is 0 Å². The molecule has 62 valence electrons. The van der Waals surface area contributed by atoms with Crippen LogP contribution in [0.1, 0.15) is 0 Å². The summed E-state index contributed by atoms with van der Waals surface area (Å²) in [6, 6.07) is 10.3. The number of para-hydroxylation sites is 1. The van der Waals surface area contributed by atoms with Crippen LogP contribution in [0.25, 0.3) is 0 Å². The Morgan fingerprint density at radius 2 is 1.55 bits per heavy atom. The van der Waals surface area contributed by atoms with Gasteiger partial charge in [0, 0.05) is 5.69 Å². The molecule has 1 aromatic carbocycles. The molecule has 0 unspecified atom stereocenters. The Labute approximate surface area is 70.3 Å². The predicted octanol–water partition coefficient (Wildman–Crippen LogP) is 2.71. The monoisotopic (exact) mass is 169 g/mol. The highest BCUT2D eigenvalue weighted by Crippen LogP contribution is 2.34. The molecule has 0 atom stereocenters. The third-order valence-corrected chi connectivity index (χ3v) is 2.05. The van der Waals surface area contributed by atoms with Crippen molar-refractivity contribution in [3.05, 3.63) is 30.3 Å². The third-order valence-electron chi connectivity index (χ3n) is 1.20. The molecule has 0 aliphatic heterocycles. The molecule has 1 N–H and O–H groups in total. The minimum Gasteiger partial charge on any atom is -0.348 e. The van der Waals surface area contributed by atoms with Crippen LogP contribution in [-0.2, 0) is 0 Å². The molecule has 0 aliphatic rings. The number of hydrogen-bond acceptors (Lipinski definition) is 1. The summed E-state index contributed by atoms with van der Waals surface area (Å²) in [5.41, 5.74) is 1.22. The molecule has 2 heteroatoms. The van der Waals surface area contributed by atoms with Gasteiger partial charge >= 0.3 is 0 Å². The van der Waals surface area contributed by atoms with E-state index < -0.39 is 10.2 Å². The molecule has 0 saturated heterocycles. The summed E-state index contributed by atoms with van der Waals surface area (Å²) in [5.74, 6) is 0. The van der Waals surface area contributed by atoms with E-state index in [1.54, 1.807) is 0 Å². The van der Waals surface area contributed by atoms with Gasteiger partial charge in [0.25, 0.3) is 0 Å². The van der Waals surface area contributed by atoms with Gasteiger partial charge in [-0.15, -0.1) is 0 Å². The van der Waals surface area contributed by atoms with Gasteiger partial charge in [-0.3, -0.25) is 0 Å². The Hall–Kier alpha value is -0.630. The Morgan fingerprint density at radius 3 is 2.00 bits per heavy atom. The molecule has 1 aromatic rings. The van der Waals surface area contributed by atoms with E-state index in [4.69, 9.17) is 0 Å². The number of nitrogens with one attached hydrogen (secondary N) is 1. The van der Waals surface area contributed by atoms with E-state index in [0.717, 1.165) is 0 Å². The van der Waals surface area contributed by atoms with Gasteiger partial charge in [0.15, 0.2) is 0 Å². The fourth-order valence-corrected chi connectivity index (χ4v) is 1.70. The van der Waals surface area contributed by atoms with Gasteiger partial charge in [0.1, 0.15) is 0 Å². The minimum absolute atomic E-state index is 0.627. The lowest BCUT2D eigenvalue weighted by molar-refractivity contribution is 1.67. The van der Waals surface area contributed by atoms with E-state index in [2.05, 4.69) is 35.6 Å². The zero-order chi connectivity index (χ0) is 8.32. The third kappa shape index (κ3) is 3.33. The second-order valence-electron chi connectivity index (χ2n) is 3.31. The smallest absolute Gasteiger partial charge is 0.0426 e. The van der Waals surface area contributed by atoms with E-state index in [1.807, 2.05) is 18.2 Å². The van der Waals surface area contributed by atoms with E-state index in [1.165, 1.54) is 5.69 Å². The normalized spacial score (nSPS) is 12.6. The lowest BCUT2D eigenvalue weighted by Crippen LogP contribution is -2.04. The molecule has 0 bridgehead atoms. The molecule has 1 nitrogen and oxygen atoms in total. The summed E-state index contributed by atoms with van der Waals surface area (Å²) in [6.45, 7) is 0. The minimum atomic E-state index is -0.627. The van der Waals surface area contributed by atoms with Gasteiger partial charge in [-0.1, -0.05) is 18.2 Å². The first-order valence-electron chi connectivity index (χ1n) is 3.59. The van der Waals surface area contributed by atoms with Crippen molar-refractivity contribution in [2.75, 3.05) is 23.5 Å². The molecule has 0 aliphatic carbocycles. The van der Waals surface area contributed by atoms with E-state index in [-0.39, 0.29) is 0 Å². The Kier molecular flexibility index (Phi) is 2.45. The van der Waals surface area contributed by atoms with Crippen LogP contribution < -0.4 is 4.72 Å². The zero-order valence-electron chi connectivity index (χ0n) is 7.29. The highest BCUT2D eigenvalue weighted by Gasteiger charge is 2.01. The second-order valence-corrected chi connectivity index (χ2v) is 7.18. The molecule has 0 spiro atoms. The molecular weight excluding hydrogens is 154 g/mol. The Morgan fingerprint density at radius 1 is 1.00 bits per heavy atom. The summed E-state index contributed by atoms with van der Waals surface area (Å²) in [5, 5.41) is 0. The molecule has 0 heterocycles. The van der Waals surface area contributed by atoms with Gasteiger partial charge in [-0.2, -0.15) is 10.2 Å². The van der Waals surface area contributed by atoms with Crippen molar-refractivity contribution in [3.63, 3.8) is 0 Å². The van der Waals surface area contributed by atoms with Crippen molar-refractivity contribution < 1.29 is 0 Å². The fraction of sp³-hybridized carbons (Fsp3) is 0.333. The van der Waals surface area contributed by atoms with Gasteiger partial charge < -0.3 is 4.72 Å². The summed E-state index contributed by atoms with van der Waals surface area (Å²) in [4.78, 5) is 0. The van der Waals surface area contributed by atoms with Gasteiger partial charge in [-0.25, -0.2) is 0 Å². The second kappa shape index (κ2) is 3.18. The maximum atomic E-state index is 3.46. The highest BCUT2D eigenvalue weighted by molar-refractivity contribution is 8.33. The Bertz CT molecular complexity index is 213. The van der Waals surface area contributed by atoms with Crippen LogP contribution >= 0.6 is 10.2 Å². The first kappa shape index (κ1) is 8.47. The quantitative estimate of drug-likeness (QED) is 0.717. The lowest BCUT2D eigenvalue weighted by Gasteiger charge is -2.28. The highest BCUT2D eigenvalue weighted by atomic mass is 32.3. The summed E-state index contributed by atoms with van der Waals surface area (Å²) in [7, 11) is -0.627. The van der Waals surface area contributed by atoms with Crippen LogP contribution in [0.3, 0.4) is 0 Å². The van der Waals surface area contributed by atoms with Crippen molar-refractivity contribution in [2.24, 2.45) is 0 Å². The zero-order valence-corrected chi connectivity index (χ0v) is 8.11. The van der Waals surface area contributed by atoms with Crippen LogP contribution in [-0.4, -0.2) is 18.8 Å². The van der Waals surface area contributed by atoms with Crippen molar-refractivity contribution in [1.82, 2.24) is 0 Å². The van der Waals surface area contributed by atoms with Gasteiger partial charge in [0.2, 0.25) is 0 Å². The number of hydrogen-bond donors (Lipinski definition) is 1. The largest absolute Gasteiger partial charge is 0.348 e. The molecule has 0 fully saturated rings. The number of rotatable bonds is 2. The fourth-order valence-electron chi connectivity index (χ4n) is 0.860. The molecule has 0 saturated carbocycles. The SMILES string of the molecule is CS(C)(C)Nc1ccccc1. The predicted molar refractivity (Wildman–Crippen MR) is 55.4 cm³/mol. The Balaban J connectivity index is 2.66. The lowest BCUT2D eigenvalue weighted by atomic mass is 10.3. The number of anilines is 1. The first-order valence-corrected chi connectivity index (χ1v) is 6.45. The summed E-state index contributed by atoms with van der Waals surface area (Å²) < 4.78 is 3.46. The van der Waals surface area contributed by atoms with Crippen LogP contribution in [0.2, 0.25) is 0 Å². The van der Waals surface area contributed by atoms with E-state index >= 15 is 0 Å². The van der Waals surface area contributed by atoms with E-state index in [9.17, 15) is 0 Å². The number of benzene rings is 1. The van der Waals surface area contributed by atoms with Crippen molar-refractivity contribution in [3.8, 4) is 0 Å². The standard InChI is InChI=1S/C9H15NS/c1-11(2,3)10-9-7-5-4-6-8-9/h4-8,10H,1-3H3. The summed E-state index contributed by atoms with van der Waals surface area (Å²) in [6.07, 6.45) is 6.71. The molecule has 11 heavy (non-hydrogen) atoms. The van der Waals surface area contributed by atoms with Crippen molar-refractivity contribution in [2.45, 2.75) is 0 Å². The maximum Gasteiger partial charge on any atom is 0.0426 e.